The normalized spacial score (nSPS) is 17.9. The maximum atomic E-state index is 5.41. The number of ether oxygens (including phenoxy) is 2. The average molecular weight is 323 g/mol. The molecule has 2 aromatic rings. The Morgan fingerprint density at radius 3 is 2.88 bits per heavy atom. The van der Waals surface area contributed by atoms with E-state index < -0.39 is 0 Å². The smallest absolute Gasteiger partial charge is 0.231 e. The van der Waals surface area contributed by atoms with Crippen LogP contribution in [0.4, 0.5) is 0 Å². The summed E-state index contributed by atoms with van der Waals surface area (Å²) < 4.78 is 10.7. The van der Waals surface area contributed by atoms with Crippen molar-refractivity contribution in [2.45, 2.75) is 18.9 Å². The van der Waals surface area contributed by atoms with E-state index in [1.54, 1.807) is 7.05 Å². The van der Waals surface area contributed by atoms with Crippen LogP contribution in [0, 0.1) is 0 Å². The van der Waals surface area contributed by atoms with Gasteiger partial charge in [0.2, 0.25) is 6.79 Å². The zero-order valence-electron chi connectivity index (χ0n) is 13.7. The molecule has 1 aliphatic heterocycles. The van der Waals surface area contributed by atoms with Crippen molar-refractivity contribution in [3.63, 3.8) is 0 Å². The van der Waals surface area contributed by atoms with Gasteiger partial charge < -0.3 is 20.1 Å². The SMILES string of the molecule is CN=C(NCc1ccc2c(c1)OCO2)NCC1Cc2ccccc21. The van der Waals surface area contributed by atoms with Crippen LogP contribution in [0.25, 0.3) is 0 Å². The number of rotatable bonds is 4. The van der Waals surface area contributed by atoms with E-state index in [9.17, 15) is 0 Å². The third-order valence-electron chi connectivity index (χ3n) is 4.60. The van der Waals surface area contributed by atoms with E-state index in [-0.39, 0.29) is 0 Å². The molecule has 4 rings (SSSR count). The molecule has 2 aliphatic rings. The molecule has 124 valence electrons. The maximum absolute atomic E-state index is 5.41. The summed E-state index contributed by atoms with van der Waals surface area (Å²) in [7, 11) is 1.80. The first-order chi connectivity index (χ1) is 11.8. The summed E-state index contributed by atoms with van der Waals surface area (Å²) >= 11 is 0. The summed E-state index contributed by atoms with van der Waals surface area (Å²) in [6, 6.07) is 14.6. The standard InChI is InChI=1S/C19H21N3O2/c1-20-19(22-11-15-9-14-4-2-3-5-16(14)15)21-10-13-6-7-17-18(8-13)24-12-23-17/h2-8,15H,9-12H2,1H3,(H2,20,21,22). The molecule has 0 aromatic heterocycles. The van der Waals surface area contributed by atoms with Crippen molar-refractivity contribution in [2.24, 2.45) is 4.99 Å². The zero-order valence-corrected chi connectivity index (χ0v) is 13.7. The van der Waals surface area contributed by atoms with Crippen molar-refractivity contribution in [2.75, 3.05) is 20.4 Å². The van der Waals surface area contributed by atoms with E-state index in [4.69, 9.17) is 9.47 Å². The van der Waals surface area contributed by atoms with Gasteiger partial charge in [0, 0.05) is 26.1 Å². The average Bonchev–Trinajstić information content (AvgIpc) is 3.06. The second-order valence-corrected chi connectivity index (χ2v) is 6.09. The van der Waals surface area contributed by atoms with Gasteiger partial charge in [-0.2, -0.15) is 0 Å². The molecule has 0 saturated heterocycles. The number of hydrogen-bond acceptors (Lipinski definition) is 3. The lowest BCUT2D eigenvalue weighted by Gasteiger charge is -2.30. The van der Waals surface area contributed by atoms with Gasteiger partial charge in [0.25, 0.3) is 0 Å². The summed E-state index contributed by atoms with van der Waals surface area (Å²) in [6.45, 7) is 1.90. The van der Waals surface area contributed by atoms with E-state index in [1.807, 2.05) is 18.2 Å². The first-order valence-corrected chi connectivity index (χ1v) is 8.24. The van der Waals surface area contributed by atoms with Gasteiger partial charge in [-0.1, -0.05) is 30.3 Å². The van der Waals surface area contributed by atoms with E-state index in [0.717, 1.165) is 36.0 Å². The Bertz CT molecular complexity index is 773. The summed E-state index contributed by atoms with van der Waals surface area (Å²) in [6.07, 6.45) is 1.14. The highest BCUT2D eigenvalue weighted by atomic mass is 16.7. The number of benzene rings is 2. The van der Waals surface area contributed by atoms with Crippen molar-refractivity contribution in [3.8, 4) is 11.5 Å². The van der Waals surface area contributed by atoms with Crippen molar-refractivity contribution in [1.29, 1.82) is 0 Å². The molecule has 1 aliphatic carbocycles. The highest BCUT2D eigenvalue weighted by molar-refractivity contribution is 5.79. The monoisotopic (exact) mass is 323 g/mol. The summed E-state index contributed by atoms with van der Waals surface area (Å²) in [5.41, 5.74) is 4.06. The van der Waals surface area contributed by atoms with Gasteiger partial charge >= 0.3 is 0 Å². The third kappa shape index (κ3) is 2.89. The fourth-order valence-corrected chi connectivity index (χ4v) is 3.22. The predicted octanol–water partition coefficient (Wildman–Crippen LogP) is 2.42. The largest absolute Gasteiger partial charge is 0.454 e. The Labute approximate surface area is 141 Å². The molecule has 1 atom stereocenters. The Hall–Kier alpha value is -2.69. The molecule has 2 aromatic carbocycles. The van der Waals surface area contributed by atoms with Crippen LogP contribution in [-0.2, 0) is 13.0 Å². The van der Waals surface area contributed by atoms with Gasteiger partial charge in [-0.05, 0) is 35.2 Å². The lowest BCUT2D eigenvalue weighted by molar-refractivity contribution is 0.174. The highest BCUT2D eigenvalue weighted by Crippen LogP contribution is 2.34. The Morgan fingerprint density at radius 2 is 2.00 bits per heavy atom. The lowest BCUT2D eigenvalue weighted by Crippen LogP contribution is -2.40. The van der Waals surface area contributed by atoms with Gasteiger partial charge in [-0.15, -0.1) is 0 Å². The number of nitrogens with zero attached hydrogens (tertiary/aromatic N) is 1. The Morgan fingerprint density at radius 1 is 1.12 bits per heavy atom. The van der Waals surface area contributed by atoms with Crippen LogP contribution in [0.3, 0.4) is 0 Å². The molecule has 0 amide bonds. The van der Waals surface area contributed by atoms with Crippen LogP contribution in [0.5, 0.6) is 11.5 Å². The molecule has 24 heavy (non-hydrogen) atoms. The van der Waals surface area contributed by atoms with Crippen LogP contribution >= 0.6 is 0 Å². The Balaban J connectivity index is 1.29. The zero-order chi connectivity index (χ0) is 16.4. The van der Waals surface area contributed by atoms with Crippen LogP contribution in [0.15, 0.2) is 47.5 Å². The first kappa shape index (κ1) is 14.9. The maximum Gasteiger partial charge on any atom is 0.231 e. The Kier molecular flexibility index (Phi) is 3.99. The van der Waals surface area contributed by atoms with Crippen LogP contribution in [0.1, 0.15) is 22.6 Å². The number of fused-ring (bicyclic) bond motifs is 2. The second kappa shape index (κ2) is 6.43. The predicted molar refractivity (Wildman–Crippen MR) is 93.7 cm³/mol. The van der Waals surface area contributed by atoms with Crippen LogP contribution in [0.2, 0.25) is 0 Å². The van der Waals surface area contributed by atoms with Gasteiger partial charge in [-0.25, -0.2) is 0 Å². The molecule has 0 saturated carbocycles. The molecule has 2 N–H and O–H groups in total. The van der Waals surface area contributed by atoms with E-state index in [2.05, 4.69) is 39.9 Å². The fraction of sp³-hybridized carbons (Fsp3) is 0.316. The van der Waals surface area contributed by atoms with E-state index >= 15 is 0 Å². The molecule has 1 heterocycles. The summed E-state index contributed by atoms with van der Waals surface area (Å²) in [5.74, 6) is 3.01. The van der Waals surface area contributed by atoms with Crippen LogP contribution < -0.4 is 20.1 Å². The van der Waals surface area contributed by atoms with Crippen molar-refractivity contribution in [3.05, 3.63) is 59.2 Å². The van der Waals surface area contributed by atoms with Crippen molar-refractivity contribution < 1.29 is 9.47 Å². The number of guanidine groups is 1. The molecular formula is C19H21N3O2. The molecule has 5 heteroatoms. The summed E-state index contributed by atoms with van der Waals surface area (Å²) in [5, 5.41) is 6.76. The number of nitrogens with one attached hydrogen (secondary N) is 2. The van der Waals surface area contributed by atoms with Crippen molar-refractivity contribution >= 4 is 5.96 Å². The molecule has 0 radical (unpaired) electrons. The van der Waals surface area contributed by atoms with E-state index in [0.29, 0.717) is 19.3 Å². The van der Waals surface area contributed by atoms with Crippen molar-refractivity contribution in [1.82, 2.24) is 10.6 Å². The topological polar surface area (TPSA) is 54.9 Å². The van der Waals surface area contributed by atoms with Crippen LogP contribution in [-0.4, -0.2) is 26.3 Å². The highest BCUT2D eigenvalue weighted by Gasteiger charge is 2.25. The molecule has 0 fully saturated rings. The quantitative estimate of drug-likeness (QED) is 0.670. The van der Waals surface area contributed by atoms with E-state index in [1.165, 1.54) is 11.1 Å². The minimum Gasteiger partial charge on any atom is -0.454 e. The molecular weight excluding hydrogens is 302 g/mol. The third-order valence-corrected chi connectivity index (χ3v) is 4.60. The lowest BCUT2D eigenvalue weighted by atomic mass is 9.78. The molecule has 1 unspecified atom stereocenters. The molecule has 5 nitrogen and oxygen atoms in total. The van der Waals surface area contributed by atoms with Gasteiger partial charge in [0.15, 0.2) is 17.5 Å². The minimum atomic E-state index is 0.304. The minimum absolute atomic E-state index is 0.304. The van der Waals surface area contributed by atoms with Gasteiger partial charge in [0.1, 0.15) is 0 Å². The summed E-state index contributed by atoms with van der Waals surface area (Å²) in [4.78, 5) is 4.30. The fourth-order valence-electron chi connectivity index (χ4n) is 3.22. The number of aliphatic imine (C=N–C) groups is 1. The van der Waals surface area contributed by atoms with Gasteiger partial charge in [0.05, 0.1) is 0 Å². The number of hydrogen-bond donors (Lipinski definition) is 2. The molecule has 0 spiro atoms. The molecule has 0 bridgehead atoms. The first-order valence-electron chi connectivity index (χ1n) is 8.24. The van der Waals surface area contributed by atoms with Gasteiger partial charge in [-0.3, -0.25) is 4.99 Å². The second-order valence-electron chi connectivity index (χ2n) is 6.09.